The molecule has 1 N–H and O–H groups in total. The second-order valence-corrected chi connectivity index (χ2v) is 6.06. The zero-order valence-electron chi connectivity index (χ0n) is 9.20. The second-order valence-electron chi connectivity index (χ2n) is 3.61. The largest absolute Gasteiger partial charge is 0.305 e. The van der Waals surface area contributed by atoms with Gasteiger partial charge in [0, 0.05) is 18.5 Å². The molecule has 0 unspecified atom stereocenters. The number of thiophene rings is 1. The van der Waals surface area contributed by atoms with Crippen LogP contribution < -0.4 is 5.32 Å². The molecule has 2 aromatic rings. The van der Waals surface area contributed by atoms with Gasteiger partial charge in [-0.25, -0.2) is 4.98 Å². The van der Waals surface area contributed by atoms with Crippen LogP contribution in [0.25, 0.3) is 0 Å². The first-order chi connectivity index (χ1) is 7.65. The van der Waals surface area contributed by atoms with Crippen molar-refractivity contribution >= 4 is 27.3 Å². The SMILES string of the molecule is Cc1cc(CNCc2ncn(C)n2)sc1Br. The summed E-state index contributed by atoms with van der Waals surface area (Å²) in [6, 6.07) is 2.19. The lowest BCUT2D eigenvalue weighted by Crippen LogP contribution is -2.13. The molecule has 0 aromatic carbocycles. The topological polar surface area (TPSA) is 42.7 Å². The van der Waals surface area contributed by atoms with Gasteiger partial charge in [0.25, 0.3) is 0 Å². The molecule has 0 atom stereocenters. The Morgan fingerprint density at radius 2 is 2.31 bits per heavy atom. The lowest BCUT2D eigenvalue weighted by atomic mass is 10.3. The maximum Gasteiger partial charge on any atom is 0.164 e. The van der Waals surface area contributed by atoms with E-state index in [9.17, 15) is 0 Å². The number of aryl methyl sites for hydroxylation is 2. The highest BCUT2D eigenvalue weighted by molar-refractivity contribution is 9.11. The van der Waals surface area contributed by atoms with Crippen molar-refractivity contribution in [2.45, 2.75) is 20.0 Å². The summed E-state index contributed by atoms with van der Waals surface area (Å²) in [5, 5.41) is 7.52. The van der Waals surface area contributed by atoms with Gasteiger partial charge in [-0.3, -0.25) is 4.68 Å². The van der Waals surface area contributed by atoms with Gasteiger partial charge in [0.2, 0.25) is 0 Å². The standard InChI is InChI=1S/C10H13BrN4S/c1-7-3-8(16-10(7)11)4-12-5-9-13-6-15(2)14-9/h3,6,12H,4-5H2,1-2H3. The Kier molecular flexibility index (Phi) is 3.73. The molecule has 0 aliphatic carbocycles. The van der Waals surface area contributed by atoms with Crippen LogP contribution in [0, 0.1) is 6.92 Å². The quantitative estimate of drug-likeness (QED) is 0.942. The van der Waals surface area contributed by atoms with Gasteiger partial charge in [0.1, 0.15) is 6.33 Å². The summed E-state index contributed by atoms with van der Waals surface area (Å²) in [5.41, 5.74) is 1.29. The van der Waals surface area contributed by atoms with E-state index in [1.165, 1.54) is 14.2 Å². The number of nitrogens with one attached hydrogen (secondary N) is 1. The summed E-state index contributed by atoms with van der Waals surface area (Å²) in [7, 11) is 1.87. The van der Waals surface area contributed by atoms with Crippen molar-refractivity contribution in [1.82, 2.24) is 20.1 Å². The molecule has 0 bridgehead atoms. The molecule has 0 saturated carbocycles. The summed E-state index contributed by atoms with van der Waals surface area (Å²) < 4.78 is 2.92. The van der Waals surface area contributed by atoms with Crippen molar-refractivity contribution < 1.29 is 0 Å². The number of halogens is 1. The minimum absolute atomic E-state index is 0.704. The highest BCUT2D eigenvalue weighted by Gasteiger charge is 2.03. The number of nitrogens with zero attached hydrogens (tertiary/aromatic N) is 3. The number of aromatic nitrogens is 3. The Balaban J connectivity index is 1.84. The van der Waals surface area contributed by atoms with Gasteiger partial charge in [-0.1, -0.05) is 0 Å². The van der Waals surface area contributed by atoms with Crippen LogP contribution in [-0.4, -0.2) is 14.8 Å². The lowest BCUT2D eigenvalue weighted by Gasteiger charge is -1.98. The summed E-state index contributed by atoms with van der Waals surface area (Å²) >= 11 is 5.28. The van der Waals surface area contributed by atoms with Crippen LogP contribution in [0.3, 0.4) is 0 Å². The predicted molar refractivity (Wildman–Crippen MR) is 68.3 cm³/mol. The van der Waals surface area contributed by atoms with Gasteiger partial charge < -0.3 is 5.32 Å². The summed E-state index contributed by atoms with van der Waals surface area (Å²) in [6.07, 6.45) is 1.71. The Morgan fingerprint density at radius 1 is 1.50 bits per heavy atom. The average Bonchev–Trinajstić information content (AvgIpc) is 2.75. The first kappa shape index (κ1) is 11.8. The van der Waals surface area contributed by atoms with Gasteiger partial charge in [-0.2, -0.15) is 5.10 Å². The molecule has 0 radical (unpaired) electrons. The van der Waals surface area contributed by atoms with E-state index in [2.05, 4.69) is 44.3 Å². The minimum Gasteiger partial charge on any atom is -0.305 e. The lowest BCUT2D eigenvalue weighted by molar-refractivity contribution is 0.654. The van der Waals surface area contributed by atoms with E-state index in [0.29, 0.717) is 6.54 Å². The second kappa shape index (κ2) is 5.07. The Morgan fingerprint density at radius 3 is 2.88 bits per heavy atom. The fourth-order valence-corrected chi connectivity index (χ4v) is 2.97. The number of hydrogen-bond donors (Lipinski definition) is 1. The van der Waals surface area contributed by atoms with Crippen LogP contribution in [-0.2, 0) is 20.1 Å². The molecule has 0 spiro atoms. The normalized spacial score (nSPS) is 10.9. The summed E-state index contributed by atoms with van der Waals surface area (Å²) in [5.74, 6) is 0.829. The molecule has 2 heterocycles. The van der Waals surface area contributed by atoms with E-state index < -0.39 is 0 Å². The first-order valence-corrected chi connectivity index (χ1v) is 6.56. The molecule has 86 valence electrons. The average molecular weight is 301 g/mol. The van der Waals surface area contributed by atoms with Crippen LogP contribution in [0.5, 0.6) is 0 Å². The van der Waals surface area contributed by atoms with Gasteiger partial charge in [-0.05, 0) is 34.5 Å². The molecule has 0 aliphatic rings. The fourth-order valence-electron chi connectivity index (χ4n) is 1.37. The molecule has 0 saturated heterocycles. The van der Waals surface area contributed by atoms with Crippen molar-refractivity contribution in [2.24, 2.45) is 7.05 Å². The monoisotopic (exact) mass is 300 g/mol. The van der Waals surface area contributed by atoms with Crippen molar-refractivity contribution in [3.8, 4) is 0 Å². The third kappa shape index (κ3) is 2.90. The Labute approximate surface area is 107 Å². The molecule has 0 amide bonds. The maximum absolute atomic E-state index is 4.20. The predicted octanol–water partition coefficient (Wildman–Crippen LogP) is 2.24. The van der Waals surface area contributed by atoms with E-state index in [4.69, 9.17) is 0 Å². The Bertz CT molecular complexity index is 457. The van der Waals surface area contributed by atoms with E-state index in [0.717, 1.165) is 12.4 Å². The Hall–Kier alpha value is -0.720. The van der Waals surface area contributed by atoms with Crippen molar-refractivity contribution in [3.05, 3.63) is 32.4 Å². The third-order valence-electron chi connectivity index (χ3n) is 2.14. The van der Waals surface area contributed by atoms with Crippen molar-refractivity contribution in [2.75, 3.05) is 0 Å². The molecule has 6 heteroatoms. The minimum atomic E-state index is 0.704. The number of hydrogen-bond acceptors (Lipinski definition) is 4. The molecule has 0 fully saturated rings. The van der Waals surface area contributed by atoms with E-state index in [1.807, 2.05) is 7.05 Å². The van der Waals surface area contributed by atoms with Crippen LogP contribution in [0.4, 0.5) is 0 Å². The number of rotatable bonds is 4. The summed E-state index contributed by atoms with van der Waals surface area (Å²) in [4.78, 5) is 5.47. The van der Waals surface area contributed by atoms with Crippen molar-refractivity contribution in [3.63, 3.8) is 0 Å². The van der Waals surface area contributed by atoms with E-state index >= 15 is 0 Å². The molecule has 2 aromatic heterocycles. The zero-order valence-corrected chi connectivity index (χ0v) is 11.6. The summed E-state index contributed by atoms with van der Waals surface area (Å²) in [6.45, 7) is 3.66. The van der Waals surface area contributed by atoms with E-state index in [-0.39, 0.29) is 0 Å². The molecular formula is C10H13BrN4S. The van der Waals surface area contributed by atoms with Crippen LogP contribution >= 0.6 is 27.3 Å². The molecule has 4 nitrogen and oxygen atoms in total. The molecule has 16 heavy (non-hydrogen) atoms. The highest BCUT2D eigenvalue weighted by Crippen LogP contribution is 2.27. The van der Waals surface area contributed by atoms with Gasteiger partial charge >= 0.3 is 0 Å². The van der Waals surface area contributed by atoms with Crippen LogP contribution in [0.1, 0.15) is 16.3 Å². The fraction of sp³-hybridized carbons (Fsp3) is 0.400. The molecule has 0 aliphatic heterocycles. The zero-order chi connectivity index (χ0) is 11.5. The van der Waals surface area contributed by atoms with Gasteiger partial charge in [0.15, 0.2) is 5.82 Å². The van der Waals surface area contributed by atoms with Crippen LogP contribution in [0.15, 0.2) is 16.2 Å². The highest BCUT2D eigenvalue weighted by atomic mass is 79.9. The first-order valence-electron chi connectivity index (χ1n) is 4.95. The molecular weight excluding hydrogens is 288 g/mol. The molecule has 2 rings (SSSR count). The van der Waals surface area contributed by atoms with E-state index in [1.54, 1.807) is 22.3 Å². The maximum atomic E-state index is 4.20. The van der Waals surface area contributed by atoms with Gasteiger partial charge in [-0.15, -0.1) is 11.3 Å². The van der Waals surface area contributed by atoms with Crippen LogP contribution in [0.2, 0.25) is 0 Å². The smallest absolute Gasteiger partial charge is 0.164 e. The van der Waals surface area contributed by atoms with Gasteiger partial charge in [0.05, 0.1) is 10.3 Å². The third-order valence-corrected chi connectivity index (χ3v) is 4.27. The van der Waals surface area contributed by atoms with Crippen molar-refractivity contribution in [1.29, 1.82) is 0 Å².